The van der Waals surface area contributed by atoms with Crippen molar-refractivity contribution in [2.24, 2.45) is 5.92 Å². The second-order valence-electron chi connectivity index (χ2n) is 5.59. The SMILES string of the molecule is COc1cccc2c(C(CC(=O)O)C3CC3)c(C)[nH]c12. The number of carboxylic acids is 1. The fourth-order valence-corrected chi connectivity index (χ4v) is 3.18. The van der Waals surface area contributed by atoms with Crippen LogP contribution in [0.2, 0.25) is 0 Å². The molecule has 0 saturated heterocycles. The number of nitrogens with one attached hydrogen (secondary N) is 1. The second-order valence-corrected chi connectivity index (χ2v) is 5.59. The molecular weight excluding hydrogens is 254 g/mol. The van der Waals surface area contributed by atoms with Crippen molar-refractivity contribution in [3.63, 3.8) is 0 Å². The number of carboxylic acid groups (broad SMARTS) is 1. The molecule has 0 spiro atoms. The Balaban J connectivity index is 2.14. The smallest absolute Gasteiger partial charge is 0.303 e. The van der Waals surface area contributed by atoms with E-state index in [0.29, 0.717) is 5.92 Å². The fourth-order valence-electron chi connectivity index (χ4n) is 3.18. The summed E-state index contributed by atoms with van der Waals surface area (Å²) in [5, 5.41) is 10.3. The van der Waals surface area contributed by atoms with Gasteiger partial charge in [0, 0.05) is 11.1 Å². The van der Waals surface area contributed by atoms with Gasteiger partial charge in [-0.1, -0.05) is 12.1 Å². The van der Waals surface area contributed by atoms with Gasteiger partial charge < -0.3 is 14.8 Å². The number of para-hydroxylation sites is 1. The van der Waals surface area contributed by atoms with Crippen LogP contribution in [-0.2, 0) is 4.79 Å². The highest BCUT2D eigenvalue weighted by Gasteiger charge is 2.36. The largest absolute Gasteiger partial charge is 0.495 e. The van der Waals surface area contributed by atoms with E-state index in [1.54, 1.807) is 7.11 Å². The predicted molar refractivity (Wildman–Crippen MR) is 77.3 cm³/mol. The maximum Gasteiger partial charge on any atom is 0.303 e. The van der Waals surface area contributed by atoms with Crippen molar-refractivity contribution in [2.75, 3.05) is 7.11 Å². The minimum atomic E-state index is -0.724. The molecule has 1 aromatic heterocycles. The summed E-state index contributed by atoms with van der Waals surface area (Å²) in [6.07, 6.45) is 2.47. The van der Waals surface area contributed by atoms with Gasteiger partial charge in [-0.05, 0) is 43.2 Å². The number of ether oxygens (including phenoxy) is 1. The molecule has 2 aromatic rings. The van der Waals surface area contributed by atoms with Gasteiger partial charge >= 0.3 is 5.97 Å². The normalized spacial score (nSPS) is 16.3. The van der Waals surface area contributed by atoms with Crippen LogP contribution >= 0.6 is 0 Å². The van der Waals surface area contributed by atoms with Crippen molar-refractivity contribution < 1.29 is 14.6 Å². The lowest BCUT2D eigenvalue weighted by atomic mass is 9.89. The highest BCUT2D eigenvalue weighted by atomic mass is 16.5. The Labute approximate surface area is 117 Å². The molecule has 1 fully saturated rings. The number of fused-ring (bicyclic) bond motifs is 1. The molecule has 4 heteroatoms. The van der Waals surface area contributed by atoms with E-state index in [0.717, 1.165) is 40.8 Å². The maximum absolute atomic E-state index is 11.2. The third-order valence-corrected chi connectivity index (χ3v) is 4.21. The fraction of sp³-hybridized carbons (Fsp3) is 0.438. The average Bonchev–Trinajstić information content (AvgIpc) is 3.18. The van der Waals surface area contributed by atoms with Crippen LogP contribution in [0.15, 0.2) is 18.2 Å². The molecule has 0 amide bonds. The quantitative estimate of drug-likeness (QED) is 0.877. The van der Waals surface area contributed by atoms with Crippen LogP contribution in [0, 0.1) is 12.8 Å². The molecule has 1 saturated carbocycles. The Kier molecular flexibility index (Phi) is 3.16. The van der Waals surface area contributed by atoms with Gasteiger partial charge in [-0.3, -0.25) is 4.79 Å². The summed E-state index contributed by atoms with van der Waals surface area (Å²) in [7, 11) is 1.65. The Morgan fingerprint density at radius 1 is 1.50 bits per heavy atom. The first-order chi connectivity index (χ1) is 9.61. The second kappa shape index (κ2) is 4.85. The van der Waals surface area contributed by atoms with Crippen molar-refractivity contribution >= 4 is 16.9 Å². The van der Waals surface area contributed by atoms with Crippen molar-refractivity contribution in [1.29, 1.82) is 0 Å². The summed E-state index contributed by atoms with van der Waals surface area (Å²) in [5.74, 6) is 0.698. The Hall–Kier alpha value is -1.97. The van der Waals surface area contributed by atoms with E-state index in [1.807, 2.05) is 25.1 Å². The lowest BCUT2D eigenvalue weighted by Gasteiger charge is -2.15. The summed E-state index contributed by atoms with van der Waals surface area (Å²) >= 11 is 0. The van der Waals surface area contributed by atoms with Gasteiger partial charge in [0.25, 0.3) is 0 Å². The minimum Gasteiger partial charge on any atom is -0.495 e. The first-order valence-corrected chi connectivity index (χ1v) is 6.98. The minimum absolute atomic E-state index is 0.105. The van der Waals surface area contributed by atoms with E-state index in [-0.39, 0.29) is 12.3 Å². The van der Waals surface area contributed by atoms with Gasteiger partial charge in [0.1, 0.15) is 5.75 Å². The zero-order valence-corrected chi connectivity index (χ0v) is 11.8. The first kappa shape index (κ1) is 13.0. The van der Waals surface area contributed by atoms with Crippen molar-refractivity contribution in [1.82, 2.24) is 4.98 Å². The van der Waals surface area contributed by atoms with Crippen LogP contribution in [0.3, 0.4) is 0 Å². The summed E-state index contributed by atoms with van der Waals surface area (Å²) in [6, 6.07) is 5.93. The summed E-state index contributed by atoms with van der Waals surface area (Å²) < 4.78 is 5.39. The number of benzene rings is 1. The highest BCUT2D eigenvalue weighted by molar-refractivity contribution is 5.90. The molecule has 0 radical (unpaired) electrons. The molecular formula is C16H19NO3. The number of aryl methyl sites for hydroxylation is 1. The number of H-pyrrole nitrogens is 1. The molecule has 0 bridgehead atoms. The summed E-state index contributed by atoms with van der Waals surface area (Å²) in [5.41, 5.74) is 3.19. The molecule has 4 nitrogen and oxygen atoms in total. The molecule has 20 heavy (non-hydrogen) atoms. The van der Waals surface area contributed by atoms with E-state index in [1.165, 1.54) is 0 Å². The number of rotatable bonds is 5. The number of methoxy groups -OCH3 is 1. The van der Waals surface area contributed by atoms with Crippen LogP contribution in [0.25, 0.3) is 10.9 Å². The van der Waals surface area contributed by atoms with Gasteiger partial charge in [-0.25, -0.2) is 0 Å². The summed E-state index contributed by atoms with van der Waals surface area (Å²) in [6.45, 7) is 2.02. The third-order valence-electron chi connectivity index (χ3n) is 4.21. The lowest BCUT2D eigenvalue weighted by molar-refractivity contribution is -0.137. The average molecular weight is 273 g/mol. The van der Waals surface area contributed by atoms with Crippen LogP contribution in [-0.4, -0.2) is 23.2 Å². The Bertz CT molecular complexity index is 655. The molecule has 1 aromatic carbocycles. The Morgan fingerprint density at radius 3 is 2.85 bits per heavy atom. The van der Waals surface area contributed by atoms with Gasteiger partial charge in [0.15, 0.2) is 0 Å². The van der Waals surface area contributed by atoms with E-state index in [2.05, 4.69) is 4.98 Å². The molecule has 1 aliphatic carbocycles. The van der Waals surface area contributed by atoms with Gasteiger partial charge in [-0.15, -0.1) is 0 Å². The molecule has 2 N–H and O–H groups in total. The lowest BCUT2D eigenvalue weighted by Crippen LogP contribution is -2.09. The van der Waals surface area contributed by atoms with E-state index >= 15 is 0 Å². The van der Waals surface area contributed by atoms with Crippen LogP contribution < -0.4 is 4.74 Å². The number of aromatic nitrogens is 1. The van der Waals surface area contributed by atoms with Gasteiger partial charge in [0.2, 0.25) is 0 Å². The molecule has 1 aliphatic rings. The number of aliphatic carboxylic acids is 1. The number of carbonyl (C=O) groups is 1. The van der Waals surface area contributed by atoms with E-state index < -0.39 is 5.97 Å². The predicted octanol–water partition coefficient (Wildman–Crippen LogP) is 3.45. The topological polar surface area (TPSA) is 62.3 Å². The van der Waals surface area contributed by atoms with Crippen LogP contribution in [0.1, 0.15) is 36.4 Å². The van der Waals surface area contributed by atoms with Crippen LogP contribution in [0.5, 0.6) is 5.75 Å². The first-order valence-electron chi connectivity index (χ1n) is 6.98. The zero-order valence-electron chi connectivity index (χ0n) is 11.8. The molecule has 106 valence electrons. The maximum atomic E-state index is 11.2. The van der Waals surface area contributed by atoms with E-state index in [9.17, 15) is 9.90 Å². The standard InChI is InChI=1S/C16H19NO3/c1-9-15(12(8-14(18)19)10-6-7-10)11-4-3-5-13(20-2)16(11)17-9/h3-5,10,12,17H,6-8H2,1-2H3,(H,18,19). The molecule has 1 heterocycles. The number of hydrogen-bond donors (Lipinski definition) is 2. The van der Waals surface area contributed by atoms with Crippen LogP contribution in [0.4, 0.5) is 0 Å². The van der Waals surface area contributed by atoms with Gasteiger partial charge in [0.05, 0.1) is 19.0 Å². The zero-order chi connectivity index (χ0) is 14.3. The monoisotopic (exact) mass is 273 g/mol. The molecule has 3 rings (SSSR count). The third kappa shape index (κ3) is 2.15. The molecule has 1 atom stereocenters. The highest BCUT2D eigenvalue weighted by Crippen LogP contribution is 2.48. The van der Waals surface area contributed by atoms with E-state index in [4.69, 9.17) is 4.74 Å². The van der Waals surface area contributed by atoms with Crippen molar-refractivity contribution in [3.05, 3.63) is 29.5 Å². The molecule has 1 unspecified atom stereocenters. The molecule has 0 aliphatic heterocycles. The Morgan fingerprint density at radius 2 is 2.25 bits per heavy atom. The summed E-state index contributed by atoms with van der Waals surface area (Å²) in [4.78, 5) is 14.5. The number of aromatic amines is 1. The van der Waals surface area contributed by atoms with Crippen molar-refractivity contribution in [3.8, 4) is 5.75 Å². The van der Waals surface area contributed by atoms with Crippen molar-refractivity contribution in [2.45, 2.75) is 32.1 Å². The number of hydrogen-bond acceptors (Lipinski definition) is 2. The van der Waals surface area contributed by atoms with Gasteiger partial charge in [-0.2, -0.15) is 0 Å².